The van der Waals surface area contributed by atoms with Crippen molar-refractivity contribution in [1.82, 2.24) is 4.57 Å². The van der Waals surface area contributed by atoms with E-state index in [1.165, 1.54) is 17.9 Å². The van der Waals surface area contributed by atoms with Gasteiger partial charge in [0.05, 0.1) is 19.2 Å². The van der Waals surface area contributed by atoms with E-state index in [9.17, 15) is 9.90 Å². The van der Waals surface area contributed by atoms with Crippen molar-refractivity contribution < 1.29 is 19.4 Å². The SMILES string of the molecule is COC(=O)c1ccc(OCC(O)Cn2c3ccccc3c3ccccc32)cc1. The van der Waals surface area contributed by atoms with E-state index in [1.807, 2.05) is 24.3 Å². The van der Waals surface area contributed by atoms with E-state index < -0.39 is 12.1 Å². The van der Waals surface area contributed by atoms with Crippen LogP contribution in [-0.2, 0) is 11.3 Å². The van der Waals surface area contributed by atoms with E-state index in [0.717, 1.165) is 11.0 Å². The number of fused-ring (bicyclic) bond motifs is 3. The number of carbonyl (C=O) groups excluding carboxylic acids is 1. The summed E-state index contributed by atoms with van der Waals surface area (Å²) in [7, 11) is 1.34. The number of carbonyl (C=O) groups is 1. The summed E-state index contributed by atoms with van der Waals surface area (Å²) in [6.07, 6.45) is -0.681. The van der Waals surface area contributed by atoms with Crippen LogP contribution in [0.25, 0.3) is 21.8 Å². The van der Waals surface area contributed by atoms with Gasteiger partial charge in [0.2, 0.25) is 0 Å². The maximum Gasteiger partial charge on any atom is 0.337 e. The molecule has 1 aromatic heterocycles. The zero-order valence-corrected chi connectivity index (χ0v) is 15.5. The first kappa shape index (κ1) is 18.1. The van der Waals surface area contributed by atoms with E-state index in [2.05, 4.69) is 33.6 Å². The summed E-state index contributed by atoms with van der Waals surface area (Å²) in [6.45, 7) is 0.576. The first-order valence-electron chi connectivity index (χ1n) is 9.12. The van der Waals surface area contributed by atoms with Crippen molar-refractivity contribution in [2.24, 2.45) is 0 Å². The molecule has 4 aromatic rings. The predicted octanol–water partition coefficient (Wildman–Crippen LogP) is 4.02. The lowest BCUT2D eigenvalue weighted by Gasteiger charge is -2.15. The summed E-state index contributed by atoms with van der Waals surface area (Å²) in [6, 6.07) is 23.0. The number of hydrogen-bond donors (Lipinski definition) is 1. The Hall–Kier alpha value is -3.31. The summed E-state index contributed by atoms with van der Waals surface area (Å²) in [5, 5.41) is 12.9. The maximum atomic E-state index is 11.5. The average molecular weight is 375 g/mol. The molecule has 1 unspecified atom stereocenters. The Morgan fingerprint density at radius 1 is 0.929 bits per heavy atom. The Morgan fingerprint density at radius 2 is 1.50 bits per heavy atom. The van der Waals surface area contributed by atoms with Crippen LogP contribution in [0.15, 0.2) is 72.8 Å². The second-order valence-electron chi connectivity index (χ2n) is 6.63. The second-order valence-corrected chi connectivity index (χ2v) is 6.63. The zero-order chi connectivity index (χ0) is 19.5. The molecule has 0 radical (unpaired) electrons. The lowest BCUT2D eigenvalue weighted by Crippen LogP contribution is -2.23. The Bertz CT molecular complexity index is 1060. The first-order valence-corrected chi connectivity index (χ1v) is 9.12. The number of para-hydroxylation sites is 2. The number of esters is 1. The third-order valence-corrected chi connectivity index (χ3v) is 4.79. The maximum absolute atomic E-state index is 11.5. The Balaban J connectivity index is 1.49. The molecular weight excluding hydrogens is 354 g/mol. The van der Waals surface area contributed by atoms with Crippen LogP contribution in [0.3, 0.4) is 0 Å². The number of hydrogen-bond acceptors (Lipinski definition) is 4. The van der Waals surface area contributed by atoms with Gasteiger partial charge in [-0.15, -0.1) is 0 Å². The highest BCUT2D eigenvalue weighted by molar-refractivity contribution is 6.07. The smallest absolute Gasteiger partial charge is 0.337 e. The van der Waals surface area contributed by atoms with Crippen molar-refractivity contribution in [3.8, 4) is 5.75 Å². The van der Waals surface area contributed by atoms with Gasteiger partial charge in [-0.3, -0.25) is 0 Å². The Kier molecular flexibility index (Phi) is 5.00. The molecule has 1 heterocycles. The van der Waals surface area contributed by atoms with Gasteiger partial charge in [0.15, 0.2) is 0 Å². The number of aromatic nitrogens is 1. The molecule has 5 heteroatoms. The molecule has 0 fully saturated rings. The highest BCUT2D eigenvalue weighted by Gasteiger charge is 2.14. The number of benzene rings is 3. The molecule has 1 atom stereocenters. The van der Waals surface area contributed by atoms with Crippen molar-refractivity contribution in [1.29, 1.82) is 0 Å². The van der Waals surface area contributed by atoms with Gasteiger partial charge in [0.25, 0.3) is 0 Å². The van der Waals surface area contributed by atoms with Crippen LogP contribution in [0.1, 0.15) is 10.4 Å². The van der Waals surface area contributed by atoms with Crippen molar-refractivity contribution in [2.75, 3.05) is 13.7 Å². The minimum Gasteiger partial charge on any atom is -0.491 e. The van der Waals surface area contributed by atoms with Crippen LogP contribution in [0.5, 0.6) is 5.75 Å². The Morgan fingerprint density at radius 3 is 2.07 bits per heavy atom. The van der Waals surface area contributed by atoms with E-state index >= 15 is 0 Å². The highest BCUT2D eigenvalue weighted by Crippen LogP contribution is 2.28. The summed E-state index contributed by atoms with van der Waals surface area (Å²) < 4.78 is 12.5. The van der Waals surface area contributed by atoms with Gasteiger partial charge in [-0.25, -0.2) is 4.79 Å². The molecule has 1 N–H and O–H groups in total. The van der Waals surface area contributed by atoms with Gasteiger partial charge in [-0.2, -0.15) is 0 Å². The minimum absolute atomic E-state index is 0.151. The van der Waals surface area contributed by atoms with Crippen molar-refractivity contribution >= 4 is 27.8 Å². The molecule has 0 amide bonds. The van der Waals surface area contributed by atoms with Crippen LogP contribution in [0.2, 0.25) is 0 Å². The van der Waals surface area contributed by atoms with E-state index in [4.69, 9.17) is 4.74 Å². The predicted molar refractivity (Wildman–Crippen MR) is 109 cm³/mol. The zero-order valence-electron chi connectivity index (χ0n) is 15.5. The minimum atomic E-state index is -0.681. The Labute approximate surface area is 162 Å². The van der Waals surface area contributed by atoms with Gasteiger partial charge < -0.3 is 19.1 Å². The topological polar surface area (TPSA) is 60.7 Å². The third kappa shape index (κ3) is 3.44. The van der Waals surface area contributed by atoms with Gasteiger partial charge >= 0.3 is 5.97 Å². The first-order chi connectivity index (χ1) is 13.7. The van der Waals surface area contributed by atoms with E-state index in [1.54, 1.807) is 24.3 Å². The molecule has 0 spiro atoms. The van der Waals surface area contributed by atoms with Crippen molar-refractivity contribution in [2.45, 2.75) is 12.6 Å². The van der Waals surface area contributed by atoms with Crippen LogP contribution in [0, 0.1) is 0 Å². The highest BCUT2D eigenvalue weighted by atomic mass is 16.5. The molecule has 142 valence electrons. The molecule has 0 aliphatic carbocycles. The molecule has 0 saturated heterocycles. The molecule has 0 aliphatic rings. The molecule has 28 heavy (non-hydrogen) atoms. The normalized spacial score (nSPS) is 12.2. The molecule has 3 aromatic carbocycles. The lowest BCUT2D eigenvalue weighted by molar-refractivity contribution is 0.0600. The third-order valence-electron chi connectivity index (χ3n) is 4.79. The molecular formula is C23H21NO4. The van der Waals surface area contributed by atoms with Crippen LogP contribution < -0.4 is 4.74 Å². The summed E-state index contributed by atoms with van der Waals surface area (Å²) in [5.74, 6) is 0.201. The number of ether oxygens (including phenoxy) is 2. The standard InChI is InChI=1S/C23H21NO4/c1-27-23(26)16-10-12-18(13-11-16)28-15-17(25)14-24-21-8-4-2-6-19(21)20-7-3-5-9-22(20)24/h2-13,17,25H,14-15H2,1H3. The van der Waals surface area contributed by atoms with Gasteiger partial charge in [-0.1, -0.05) is 36.4 Å². The number of aliphatic hydroxyl groups is 1. The van der Waals surface area contributed by atoms with Crippen molar-refractivity contribution in [3.05, 3.63) is 78.4 Å². The monoisotopic (exact) mass is 375 g/mol. The molecule has 4 rings (SSSR count). The summed E-state index contributed by atoms with van der Waals surface area (Å²) >= 11 is 0. The fraction of sp³-hybridized carbons (Fsp3) is 0.174. The van der Waals surface area contributed by atoms with Crippen molar-refractivity contribution in [3.63, 3.8) is 0 Å². The molecule has 0 saturated carbocycles. The van der Waals surface area contributed by atoms with Crippen LogP contribution in [-0.4, -0.2) is 35.5 Å². The molecule has 5 nitrogen and oxygen atoms in total. The number of nitrogens with zero attached hydrogens (tertiary/aromatic N) is 1. The fourth-order valence-electron chi connectivity index (χ4n) is 3.46. The molecule has 0 aliphatic heterocycles. The number of methoxy groups -OCH3 is 1. The fourth-order valence-corrected chi connectivity index (χ4v) is 3.46. The number of rotatable bonds is 6. The van der Waals surface area contributed by atoms with Crippen LogP contribution in [0.4, 0.5) is 0 Å². The van der Waals surface area contributed by atoms with Gasteiger partial charge in [-0.05, 0) is 36.4 Å². The second kappa shape index (κ2) is 7.74. The van der Waals surface area contributed by atoms with E-state index in [0.29, 0.717) is 17.9 Å². The number of aliphatic hydroxyl groups excluding tert-OH is 1. The summed E-state index contributed by atoms with van der Waals surface area (Å²) in [5.41, 5.74) is 2.64. The quantitative estimate of drug-likeness (QED) is 0.517. The van der Waals surface area contributed by atoms with Gasteiger partial charge in [0, 0.05) is 21.8 Å². The van der Waals surface area contributed by atoms with E-state index in [-0.39, 0.29) is 6.61 Å². The van der Waals surface area contributed by atoms with Gasteiger partial charge in [0.1, 0.15) is 18.5 Å². The van der Waals surface area contributed by atoms with Crippen LogP contribution >= 0.6 is 0 Å². The summed E-state index contributed by atoms with van der Waals surface area (Å²) in [4.78, 5) is 11.5. The lowest BCUT2D eigenvalue weighted by atomic mass is 10.2. The largest absolute Gasteiger partial charge is 0.491 e. The molecule has 0 bridgehead atoms. The average Bonchev–Trinajstić information content (AvgIpc) is 3.06.